The van der Waals surface area contributed by atoms with Gasteiger partial charge in [0.2, 0.25) is 31.5 Å². The van der Waals surface area contributed by atoms with Crippen molar-refractivity contribution in [3.8, 4) is 39.5 Å². The van der Waals surface area contributed by atoms with E-state index in [0.717, 1.165) is 39.0 Å². The molecule has 0 saturated carbocycles. The van der Waals surface area contributed by atoms with Gasteiger partial charge < -0.3 is 23.5 Å². The number of aromatic nitrogens is 1. The smallest absolute Gasteiger partial charge is 0.374 e. The van der Waals surface area contributed by atoms with Gasteiger partial charge in [0.25, 0.3) is 5.52 Å². The molecule has 0 spiro atoms. The fourth-order valence-electron chi connectivity index (χ4n) is 7.47. The Morgan fingerprint density at radius 2 is 1.18 bits per heavy atom. The van der Waals surface area contributed by atoms with Gasteiger partial charge in [0.05, 0.1) is 23.3 Å². The van der Waals surface area contributed by atoms with Gasteiger partial charge in [-0.2, -0.15) is 14.0 Å². The molecule has 7 aromatic rings. The summed E-state index contributed by atoms with van der Waals surface area (Å²) in [6, 6.07) is 50.2. The molecule has 12 nitrogen and oxygen atoms in total. The van der Waals surface area contributed by atoms with Crippen LogP contribution < -0.4 is 33.1 Å². The lowest BCUT2D eigenvalue weighted by Crippen LogP contribution is -2.38. The lowest BCUT2D eigenvalue weighted by Gasteiger charge is -2.19. The highest BCUT2D eigenvalue weighted by atomic mass is 32.2. The molecule has 334 valence electrons. The predicted molar refractivity (Wildman–Crippen MR) is 255 cm³/mol. The van der Waals surface area contributed by atoms with Gasteiger partial charge in [-0.25, -0.2) is 16.8 Å². The van der Waals surface area contributed by atoms with Crippen molar-refractivity contribution in [2.45, 2.75) is 32.7 Å². The standard InChI is InChI=1S/C51H51N4O8S2/c1-2-39(33-50-54(29-15-31-64(56,57)52-37-60-44-21-11-5-12-22-44)46-35-42(25-27-48(46)62-50)40-17-7-3-8-18-40)34-51-55(30-16-32-65(58,59)53-38-61-45-23-13-6-14-24-45)47-36-43(26-28-49(47)63-51)41-19-9-4-10-20-41/h3-14,17-28,33-36,52-53H,2,15-16,29-32,37-38H2,1H3/q+1. The van der Waals surface area contributed by atoms with Gasteiger partial charge in [-0.05, 0) is 83.1 Å². The zero-order valence-corrected chi connectivity index (χ0v) is 37.6. The lowest BCUT2D eigenvalue weighted by atomic mass is 10.0. The van der Waals surface area contributed by atoms with Gasteiger partial charge in [-0.3, -0.25) is 0 Å². The second-order valence-corrected chi connectivity index (χ2v) is 19.2. The van der Waals surface area contributed by atoms with Crippen LogP contribution in [0, 0.1) is 0 Å². The molecule has 0 amide bonds. The van der Waals surface area contributed by atoms with Crippen molar-refractivity contribution in [2.24, 2.45) is 0 Å². The van der Waals surface area contributed by atoms with Crippen LogP contribution in [0.15, 0.2) is 180 Å². The van der Waals surface area contributed by atoms with E-state index in [0.29, 0.717) is 67.0 Å². The summed E-state index contributed by atoms with van der Waals surface area (Å²) in [5, 5.41) is 0. The van der Waals surface area contributed by atoms with Crippen LogP contribution in [0.1, 0.15) is 32.1 Å². The number of fused-ring (bicyclic) bond motifs is 2. The summed E-state index contributed by atoms with van der Waals surface area (Å²) in [7, 11) is -7.33. The molecule has 0 fully saturated rings. The molecule has 1 aromatic heterocycles. The van der Waals surface area contributed by atoms with Crippen LogP contribution in [-0.4, -0.2) is 48.3 Å². The number of hydrogen-bond donors (Lipinski definition) is 2. The first-order valence-electron chi connectivity index (χ1n) is 21.5. The quantitative estimate of drug-likeness (QED) is 0.0534. The molecule has 1 aliphatic heterocycles. The molecule has 0 bridgehead atoms. The fourth-order valence-corrected chi connectivity index (χ4v) is 9.25. The molecule has 0 unspecified atom stereocenters. The highest BCUT2D eigenvalue weighted by Crippen LogP contribution is 2.42. The Kier molecular flexibility index (Phi) is 14.4. The first-order chi connectivity index (χ1) is 31.6. The normalized spacial score (nSPS) is 13.5. The summed E-state index contributed by atoms with van der Waals surface area (Å²) in [6.07, 6.45) is 5.10. The molecular weight excluding hydrogens is 861 g/mol. The van der Waals surface area contributed by atoms with Crippen LogP contribution in [-0.2, 0) is 26.6 Å². The summed E-state index contributed by atoms with van der Waals surface area (Å²) < 4.78 is 83.8. The Labute approximate surface area is 380 Å². The summed E-state index contributed by atoms with van der Waals surface area (Å²) in [6.45, 7) is 2.38. The monoisotopic (exact) mass is 911 g/mol. The minimum Gasteiger partial charge on any atom is -0.477 e. The second-order valence-electron chi connectivity index (χ2n) is 15.3. The molecule has 2 heterocycles. The number of benzene rings is 6. The molecule has 6 aromatic carbocycles. The van der Waals surface area contributed by atoms with E-state index in [1.54, 1.807) is 24.3 Å². The van der Waals surface area contributed by atoms with E-state index in [9.17, 15) is 16.8 Å². The number of para-hydroxylation sites is 2. The van der Waals surface area contributed by atoms with Crippen LogP contribution in [0.2, 0.25) is 0 Å². The van der Waals surface area contributed by atoms with E-state index in [2.05, 4.69) is 21.6 Å². The number of hydrogen-bond acceptors (Lipinski definition) is 9. The van der Waals surface area contributed by atoms with Gasteiger partial charge in [-0.1, -0.05) is 116 Å². The first kappa shape index (κ1) is 44.9. The topological polar surface area (TPSA) is 140 Å². The van der Waals surface area contributed by atoms with E-state index in [4.69, 9.17) is 18.6 Å². The first-order valence-corrected chi connectivity index (χ1v) is 24.8. The van der Waals surface area contributed by atoms with Crippen molar-refractivity contribution < 1.29 is 40.0 Å². The molecule has 2 N–H and O–H groups in total. The molecule has 0 saturated heterocycles. The van der Waals surface area contributed by atoms with E-state index in [1.165, 1.54) is 0 Å². The number of anilines is 1. The number of nitrogens with one attached hydrogen (secondary N) is 2. The van der Waals surface area contributed by atoms with Crippen LogP contribution >= 0.6 is 0 Å². The third-order valence-corrected chi connectivity index (χ3v) is 13.6. The van der Waals surface area contributed by atoms with Crippen LogP contribution in [0.3, 0.4) is 0 Å². The molecular formula is C51H51N4O8S2+. The number of nitrogens with zero attached hydrogens (tertiary/aromatic N) is 2. The number of ether oxygens (including phenoxy) is 3. The fraction of sp³-hybridized carbons (Fsp3) is 0.196. The largest absolute Gasteiger partial charge is 0.477 e. The van der Waals surface area contributed by atoms with Crippen LogP contribution in [0.25, 0.3) is 39.4 Å². The van der Waals surface area contributed by atoms with Gasteiger partial charge in [0.1, 0.15) is 11.5 Å². The van der Waals surface area contributed by atoms with Crippen molar-refractivity contribution >= 4 is 42.9 Å². The van der Waals surface area contributed by atoms with Gasteiger partial charge in [-0.15, -0.1) is 0 Å². The highest BCUT2D eigenvalue weighted by molar-refractivity contribution is 7.89. The average molecular weight is 912 g/mol. The summed E-state index contributed by atoms with van der Waals surface area (Å²) >= 11 is 0. The van der Waals surface area contributed by atoms with Crippen molar-refractivity contribution in [2.75, 3.05) is 36.4 Å². The maximum atomic E-state index is 13.1. The highest BCUT2D eigenvalue weighted by Gasteiger charge is 2.29. The number of sulfonamides is 2. The number of oxazole rings is 1. The van der Waals surface area contributed by atoms with E-state index in [1.807, 2.05) is 150 Å². The van der Waals surface area contributed by atoms with Gasteiger partial charge >= 0.3 is 5.89 Å². The van der Waals surface area contributed by atoms with Crippen molar-refractivity contribution in [3.63, 3.8) is 0 Å². The SMILES string of the molecule is CCC(=Cc1oc2ccc(-c3ccccc3)cc2[n+]1CCCS(=O)(=O)NCOc1ccccc1)C=C1Oc2ccc(-c3ccccc3)cc2N1CCCS(=O)(=O)NCOc1ccccc1. The number of allylic oxidation sites excluding steroid dienone is 2. The van der Waals surface area contributed by atoms with Crippen LogP contribution in [0.5, 0.6) is 17.2 Å². The Morgan fingerprint density at radius 1 is 0.646 bits per heavy atom. The second kappa shape index (κ2) is 20.9. The Bertz CT molecular complexity index is 2980. The Morgan fingerprint density at radius 3 is 1.77 bits per heavy atom. The molecule has 8 rings (SSSR count). The lowest BCUT2D eigenvalue weighted by molar-refractivity contribution is -0.677. The van der Waals surface area contributed by atoms with Crippen LogP contribution in [0.4, 0.5) is 5.69 Å². The zero-order chi connectivity index (χ0) is 45.1. The van der Waals surface area contributed by atoms with E-state index >= 15 is 0 Å². The molecule has 65 heavy (non-hydrogen) atoms. The third-order valence-electron chi connectivity index (χ3n) is 10.8. The molecule has 0 aliphatic carbocycles. The summed E-state index contributed by atoms with van der Waals surface area (Å²) in [5.74, 6) is 2.62. The Balaban J connectivity index is 1.06. The van der Waals surface area contributed by atoms with Crippen molar-refractivity contribution in [1.29, 1.82) is 0 Å². The summed E-state index contributed by atoms with van der Waals surface area (Å²) in [5.41, 5.74) is 7.25. The molecule has 14 heteroatoms. The van der Waals surface area contributed by atoms with Gasteiger partial charge in [0.15, 0.2) is 25.8 Å². The summed E-state index contributed by atoms with van der Waals surface area (Å²) in [4.78, 5) is 2.01. The minimum absolute atomic E-state index is 0.131. The average Bonchev–Trinajstić information content (AvgIpc) is 3.85. The predicted octanol–water partition coefficient (Wildman–Crippen LogP) is 9.28. The maximum Gasteiger partial charge on any atom is 0.374 e. The zero-order valence-electron chi connectivity index (χ0n) is 36.0. The maximum absolute atomic E-state index is 13.1. The number of rotatable bonds is 21. The third kappa shape index (κ3) is 11.9. The molecule has 0 radical (unpaired) electrons. The minimum atomic E-state index is -3.67. The molecule has 0 atom stereocenters. The van der Waals surface area contributed by atoms with Gasteiger partial charge in [0, 0.05) is 25.1 Å². The number of aryl methyl sites for hydroxylation is 1. The van der Waals surface area contributed by atoms with Crippen molar-refractivity contribution in [1.82, 2.24) is 9.44 Å². The van der Waals surface area contributed by atoms with E-state index in [-0.39, 0.29) is 25.0 Å². The molecule has 1 aliphatic rings. The Hall–Kier alpha value is -6.71. The van der Waals surface area contributed by atoms with Crippen molar-refractivity contribution in [3.05, 3.63) is 181 Å². The van der Waals surface area contributed by atoms with E-state index < -0.39 is 20.0 Å².